The van der Waals surface area contributed by atoms with Gasteiger partial charge in [0.05, 0.1) is 0 Å². The van der Waals surface area contributed by atoms with Gasteiger partial charge in [0.15, 0.2) is 0 Å². The molecule has 0 saturated heterocycles. The Hall–Kier alpha value is -2.69. The van der Waals surface area contributed by atoms with Gasteiger partial charge in [-0.1, -0.05) is 24.3 Å². The molecule has 0 radical (unpaired) electrons. The molecule has 0 aliphatic carbocycles. The summed E-state index contributed by atoms with van der Waals surface area (Å²) >= 11 is 0. The van der Waals surface area contributed by atoms with Gasteiger partial charge in [-0.25, -0.2) is 0 Å². The molecule has 2 rings (SSSR count). The van der Waals surface area contributed by atoms with Crippen molar-refractivity contribution >= 4 is 11.8 Å². The number of pyridine rings is 1. The van der Waals surface area contributed by atoms with Crippen molar-refractivity contribution in [2.75, 3.05) is 20.1 Å². The van der Waals surface area contributed by atoms with Crippen molar-refractivity contribution in [2.24, 2.45) is 0 Å². The van der Waals surface area contributed by atoms with Gasteiger partial charge in [0, 0.05) is 50.4 Å². The van der Waals surface area contributed by atoms with Crippen LogP contribution in [0, 0.1) is 0 Å². The fourth-order valence-electron chi connectivity index (χ4n) is 2.12. The fourth-order valence-corrected chi connectivity index (χ4v) is 2.12. The number of carbonyl (C=O) groups excluding carboxylic acids is 2. The zero-order valence-electron chi connectivity index (χ0n) is 13.2. The highest BCUT2D eigenvalue weighted by molar-refractivity contribution is 5.94. The first-order valence-electron chi connectivity index (χ1n) is 7.64. The van der Waals surface area contributed by atoms with Crippen LogP contribution in [-0.4, -0.2) is 41.8 Å². The summed E-state index contributed by atoms with van der Waals surface area (Å²) in [5.74, 6) is -0.149. The zero-order valence-corrected chi connectivity index (χ0v) is 13.2. The molecule has 120 valence electrons. The first kappa shape index (κ1) is 16.7. The number of likely N-dealkylation sites (N-methyl/N-ethyl adjacent to an activating group) is 1. The number of benzene rings is 1. The summed E-state index contributed by atoms with van der Waals surface area (Å²) in [6, 6.07) is 14.7. The number of amides is 2. The quantitative estimate of drug-likeness (QED) is 0.849. The molecule has 5 nitrogen and oxygen atoms in total. The van der Waals surface area contributed by atoms with E-state index in [2.05, 4.69) is 10.3 Å². The second kappa shape index (κ2) is 8.68. The van der Waals surface area contributed by atoms with Crippen molar-refractivity contribution in [3.05, 3.63) is 66.0 Å². The van der Waals surface area contributed by atoms with E-state index in [1.165, 1.54) is 0 Å². The van der Waals surface area contributed by atoms with Gasteiger partial charge in [-0.3, -0.25) is 14.6 Å². The molecule has 5 heteroatoms. The van der Waals surface area contributed by atoms with Gasteiger partial charge >= 0.3 is 0 Å². The van der Waals surface area contributed by atoms with Crippen LogP contribution < -0.4 is 5.32 Å². The smallest absolute Gasteiger partial charge is 0.251 e. The van der Waals surface area contributed by atoms with Crippen LogP contribution >= 0.6 is 0 Å². The molecule has 0 unspecified atom stereocenters. The average Bonchev–Trinajstić information content (AvgIpc) is 2.61. The maximum Gasteiger partial charge on any atom is 0.251 e. The van der Waals surface area contributed by atoms with Crippen molar-refractivity contribution in [3.63, 3.8) is 0 Å². The molecule has 0 bridgehead atoms. The Balaban J connectivity index is 1.69. The summed E-state index contributed by atoms with van der Waals surface area (Å²) in [6.07, 6.45) is 2.76. The Morgan fingerprint density at radius 2 is 1.83 bits per heavy atom. The van der Waals surface area contributed by atoms with Gasteiger partial charge in [-0.2, -0.15) is 0 Å². The van der Waals surface area contributed by atoms with Gasteiger partial charge in [0.1, 0.15) is 0 Å². The Morgan fingerprint density at radius 1 is 1.09 bits per heavy atom. The number of aromatic nitrogens is 1. The average molecular weight is 311 g/mol. The summed E-state index contributed by atoms with van der Waals surface area (Å²) in [6.45, 7) is 0.947. The highest BCUT2D eigenvalue weighted by Gasteiger charge is 2.10. The van der Waals surface area contributed by atoms with Crippen LogP contribution in [0.15, 0.2) is 54.7 Å². The molecule has 23 heavy (non-hydrogen) atoms. The van der Waals surface area contributed by atoms with Crippen molar-refractivity contribution in [1.82, 2.24) is 15.2 Å². The van der Waals surface area contributed by atoms with Crippen LogP contribution in [0.5, 0.6) is 0 Å². The van der Waals surface area contributed by atoms with Gasteiger partial charge < -0.3 is 10.2 Å². The number of nitrogens with one attached hydrogen (secondary N) is 1. The maximum absolute atomic E-state index is 12.0. The number of hydrogen-bond acceptors (Lipinski definition) is 3. The van der Waals surface area contributed by atoms with Crippen LogP contribution in [0.3, 0.4) is 0 Å². The molecule has 0 spiro atoms. The van der Waals surface area contributed by atoms with Gasteiger partial charge in [0.2, 0.25) is 5.91 Å². The molecule has 1 N–H and O–H groups in total. The summed E-state index contributed by atoms with van der Waals surface area (Å²) < 4.78 is 0. The maximum atomic E-state index is 12.0. The first-order chi connectivity index (χ1) is 11.2. The van der Waals surface area contributed by atoms with E-state index in [9.17, 15) is 9.59 Å². The van der Waals surface area contributed by atoms with Crippen molar-refractivity contribution in [2.45, 2.75) is 12.8 Å². The predicted molar refractivity (Wildman–Crippen MR) is 89.0 cm³/mol. The zero-order chi connectivity index (χ0) is 16.5. The molecular weight excluding hydrogens is 290 g/mol. The van der Waals surface area contributed by atoms with Crippen molar-refractivity contribution < 1.29 is 9.59 Å². The van der Waals surface area contributed by atoms with Gasteiger partial charge in [-0.15, -0.1) is 0 Å². The predicted octanol–water partition coefficient (Wildman–Crippen LogP) is 1.90. The number of carbonyl (C=O) groups is 2. The Kier molecular flexibility index (Phi) is 6.29. The first-order valence-corrected chi connectivity index (χ1v) is 7.64. The summed E-state index contributed by atoms with van der Waals surface area (Å²) in [7, 11) is 1.77. The molecule has 0 fully saturated rings. The topological polar surface area (TPSA) is 62.3 Å². The molecule has 2 amide bonds. The Labute approximate surface area is 136 Å². The lowest BCUT2D eigenvalue weighted by atomic mass is 10.2. The van der Waals surface area contributed by atoms with Crippen molar-refractivity contribution in [3.8, 4) is 0 Å². The molecule has 1 aromatic heterocycles. The molecule has 1 aromatic carbocycles. The minimum Gasteiger partial charge on any atom is -0.352 e. The van der Waals surface area contributed by atoms with Crippen molar-refractivity contribution in [1.29, 1.82) is 0 Å². The van der Waals surface area contributed by atoms with E-state index in [-0.39, 0.29) is 18.2 Å². The largest absolute Gasteiger partial charge is 0.352 e. The summed E-state index contributed by atoms with van der Waals surface area (Å²) in [4.78, 5) is 29.8. The fraction of sp³-hybridized carbons (Fsp3) is 0.278. The number of nitrogens with zero attached hydrogens (tertiary/aromatic N) is 2. The highest BCUT2D eigenvalue weighted by atomic mass is 16.2. The molecule has 0 aliphatic rings. The monoisotopic (exact) mass is 311 g/mol. The van der Waals surface area contributed by atoms with E-state index in [1.807, 2.05) is 36.4 Å². The molecule has 0 aliphatic heterocycles. The van der Waals surface area contributed by atoms with E-state index >= 15 is 0 Å². The van der Waals surface area contributed by atoms with E-state index < -0.39 is 0 Å². The Bertz CT molecular complexity index is 629. The normalized spacial score (nSPS) is 10.1. The molecule has 1 heterocycles. The van der Waals surface area contributed by atoms with Gasteiger partial charge in [-0.05, 0) is 24.3 Å². The lowest BCUT2D eigenvalue weighted by molar-refractivity contribution is -0.129. The summed E-state index contributed by atoms with van der Waals surface area (Å²) in [5, 5.41) is 2.76. The second-order valence-corrected chi connectivity index (χ2v) is 5.26. The third-order valence-electron chi connectivity index (χ3n) is 3.52. The molecule has 0 atom stereocenters. The lowest BCUT2D eigenvalue weighted by Crippen LogP contribution is -2.33. The van der Waals surface area contributed by atoms with Crippen LogP contribution in [0.2, 0.25) is 0 Å². The van der Waals surface area contributed by atoms with Crippen LogP contribution in [0.4, 0.5) is 0 Å². The molecular formula is C18H21N3O2. The summed E-state index contributed by atoms with van der Waals surface area (Å²) in [5.41, 5.74) is 1.56. The molecule has 2 aromatic rings. The lowest BCUT2D eigenvalue weighted by Gasteiger charge is -2.17. The minimum absolute atomic E-state index is 0.00860. The van der Waals surface area contributed by atoms with E-state index in [0.717, 1.165) is 12.1 Å². The Morgan fingerprint density at radius 3 is 2.52 bits per heavy atom. The minimum atomic E-state index is -0.158. The van der Waals surface area contributed by atoms with Gasteiger partial charge in [0.25, 0.3) is 5.91 Å². The number of rotatable bonds is 7. The van der Waals surface area contributed by atoms with E-state index in [0.29, 0.717) is 18.7 Å². The molecule has 0 saturated carbocycles. The standard InChI is InChI=1S/C18H21N3O2/c1-21(14-11-16-9-5-6-12-19-16)17(22)10-13-20-18(23)15-7-3-2-4-8-15/h2-9,12H,10-11,13-14H2,1H3,(H,20,23). The SMILES string of the molecule is CN(CCc1ccccn1)C(=O)CCNC(=O)c1ccccc1. The van der Waals surface area contributed by atoms with E-state index in [1.54, 1.807) is 30.3 Å². The third-order valence-corrected chi connectivity index (χ3v) is 3.52. The van der Waals surface area contributed by atoms with E-state index in [4.69, 9.17) is 0 Å². The van der Waals surface area contributed by atoms with Crippen LogP contribution in [0.25, 0.3) is 0 Å². The second-order valence-electron chi connectivity index (χ2n) is 5.26. The third kappa shape index (κ3) is 5.54. The van der Waals surface area contributed by atoms with Crippen LogP contribution in [0.1, 0.15) is 22.5 Å². The van der Waals surface area contributed by atoms with Crippen LogP contribution in [-0.2, 0) is 11.2 Å². The number of hydrogen-bond donors (Lipinski definition) is 1. The highest BCUT2D eigenvalue weighted by Crippen LogP contribution is 2.00.